The highest BCUT2D eigenvalue weighted by Gasteiger charge is 2.26. The smallest absolute Gasteiger partial charge is 0.187 e. The van der Waals surface area contributed by atoms with Crippen LogP contribution in [0.25, 0.3) is 10.2 Å². The third-order valence-electron chi connectivity index (χ3n) is 3.36. The molecule has 0 aliphatic heterocycles. The van der Waals surface area contributed by atoms with Crippen molar-refractivity contribution in [1.29, 1.82) is 5.26 Å². The van der Waals surface area contributed by atoms with Gasteiger partial charge in [0.05, 0.1) is 16.3 Å². The van der Waals surface area contributed by atoms with Gasteiger partial charge >= 0.3 is 0 Å². The zero-order valence-corrected chi connectivity index (χ0v) is 12.2. The summed E-state index contributed by atoms with van der Waals surface area (Å²) in [5, 5.41) is 9.99. The van der Waals surface area contributed by atoms with Crippen LogP contribution in [-0.2, 0) is 0 Å². The van der Waals surface area contributed by atoms with E-state index in [-0.39, 0.29) is 5.78 Å². The molecule has 4 heteroatoms. The van der Waals surface area contributed by atoms with Crippen molar-refractivity contribution in [2.24, 2.45) is 0 Å². The van der Waals surface area contributed by atoms with E-state index >= 15 is 0 Å². The van der Waals surface area contributed by atoms with Crippen molar-refractivity contribution in [2.45, 2.75) is 12.8 Å². The highest BCUT2D eigenvalue weighted by atomic mass is 32.1. The average Bonchev–Trinajstić information content (AvgIpc) is 2.91. The summed E-state index contributed by atoms with van der Waals surface area (Å²) >= 11 is 1.40. The number of carbonyl (C=O) groups is 1. The van der Waals surface area contributed by atoms with E-state index < -0.39 is 5.92 Å². The van der Waals surface area contributed by atoms with Gasteiger partial charge in [-0.25, -0.2) is 4.98 Å². The Morgan fingerprint density at radius 3 is 2.62 bits per heavy atom. The number of aromatic nitrogens is 1. The minimum absolute atomic E-state index is 0.186. The summed E-state index contributed by atoms with van der Waals surface area (Å²) < 4.78 is 0.991. The van der Waals surface area contributed by atoms with Crippen molar-refractivity contribution >= 4 is 27.3 Å². The maximum Gasteiger partial charge on any atom is 0.187 e. The molecule has 0 bridgehead atoms. The molecule has 3 aromatic rings. The first kappa shape index (κ1) is 13.5. The highest BCUT2D eigenvalue weighted by Crippen LogP contribution is 2.29. The van der Waals surface area contributed by atoms with Crippen LogP contribution in [0.4, 0.5) is 0 Å². The van der Waals surface area contributed by atoms with E-state index in [1.165, 1.54) is 11.3 Å². The second-order valence-electron chi connectivity index (χ2n) is 4.76. The molecule has 0 saturated heterocycles. The Morgan fingerprint density at radius 2 is 1.90 bits per heavy atom. The van der Waals surface area contributed by atoms with Crippen LogP contribution in [0.5, 0.6) is 0 Å². The van der Waals surface area contributed by atoms with Crippen LogP contribution in [0.2, 0.25) is 0 Å². The molecule has 2 aromatic carbocycles. The van der Waals surface area contributed by atoms with Gasteiger partial charge in [-0.15, -0.1) is 11.3 Å². The number of nitriles is 1. The molecule has 0 radical (unpaired) electrons. The third-order valence-corrected chi connectivity index (χ3v) is 4.46. The van der Waals surface area contributed by atoms with E-state index in [0.717, 1.165) is 15.8 Å². The lowest BCUT2D eigenvalue weighted by Gasteiger charge is -2.07. The summed E-state index contributed by atoms with van der Waals surface area (Å²) in [6, 6.07) is 17.1. The number of hydrogen-bond acceptors (Lipinski definition) is 4. The van der Waals surface area contributed by atoms with Crippen LogP contribution in [0.1, 0.15) is 26.8 Å². The van der Waals surface area contributed by atoms with E-state index in [0.29, 0.717) is 10.6 Å². The van der Waals surface area contributed by atoms with Gasteiger partial charge in [0.1, 0.15) is 5.01 Å². The molecule has 0 spiro atoms. The molecular weight excluding hydrogens is 280 g/mol. The normalized spacial score (nSPS) is 12.0. The first-order valence-electron chi connectivity index (χ1n) is 6.55. The molecular formula is C17H12N2OS. The Labute approximate surface area is 126 Å². The topological polar surface area (TPSA) is 53.8 Å². The van der Waals surface area contributed by atoms with E-state index in [2.05, 4.69) is 11.1 Å². The molecule has 1 heterocycles. The van der Waals surface area contributed by atoms with Gasteiger partial charge < -0.3 is 0 Å². The Bertz CT molecular complexity index is 827. The predicted octanol–water partition coefficient (Wildman–Crippen LogP) is 4.09. The SMILES string of the molecule is Cc1ccccc1C(=O)C(C#N)c1nc2ccccc2s1. The number of hydrogen-bond donors (Lipinski definition) is 0. The number of rotatable bonds is 3. The number of para-hydroxylation sites is 1. The summed E-state index contributed by atoms with van der Waals surface area (Å²) in [5.41, 5.74) is 2.29. The summed E-state index contributed by atoms with van der Waals surface area (Å²) in [6.07, 6.45) is 0. The van der Waals surface area contributed by atoms with Gasteiger partial charge in [-0.2, -0.15) is 5.26 Å². The van der Waals surface area contributed by atoms with Gasteiger partial charge in [-0.05, 0) is 24.6 Å². The van der Waals surface area contributed by atoms with E-state index in [1.807, 2.05) is 49.4 Å². The monoisotopic (exact) mass is 292 g/mol. The number of aryl methyl sites for hydroxylation is 1. The summed E-state index contributed by atoms with van der Waals surface area (Å²) in [4.78, 5) is 17.1. The molecule has 102 valence electrons. The van der Waals surface area contributed by atoms with E-state index in [1.54, 1.807) is 6.07 Å². The molecule has 0 N–H and O–H groups in total. The van der Waals surface area contributed by atoms with Gasteiger partial charge in [0.2, 0.25) is 0 Å². The third kappa shape index (κ3) is 2.44. The molecule has 0 aliphatic rings. The molecule has 3 rings (SSSR count). The molecule has 0 amide bonds. The lowest BCUT2D eigenvalue weighted by Crippen LogP contribution is -2.12. The Hall–Kier alpha value is -2.51. The van der Waals surface area contributed by atoms with Crippen molar-refractivity contribution in [3.63, 3.8) is 0 Å². The van der Waals surface area contributed by atoms with E-state index in [4.69, 9.17) is 0 Å². The largest absolute Gasteiger partial charge is 0.292 e. The van der Waals surface area contributed by atoms with Crippen LogP contribution in [-0.4, -0.2) is 10.8 Å². The first-order chi connectivity index (χ1) is 10.2. The molecule has 1 aromatic heterocycles. The molecule has 0 aliphatic carbocycles. The Balaban J connectivity index is 2.04. The number of thiazole rings is 1. The van der Waals surface area contributed by atoms with Crippen molar-refractivity contribution < 1.29 is 4.79 Å². The summed E-state index contributed by atoms with van der Waals surface area (Å²) in [7, 11) is 0. The molecule has 3 nitrogen and oxygen atoms in total. The maximum absolute atomic E-state index is 12.6. The molecule has 0 fully saturated rings. The standard InChI is InChI=1S/C17H12N2OS/c1-11-6-2-3-7-12(11)16(20)13(10-18)17-19-14-8-4-5-9-15(14)21-17/h2-9,13H,1H3. The number of benzene rings is 2. The van der Waals surface area contributed by atoms with Crippen LogP contribution in [0, 0.1) is 18.3 Å². The number of Topliss-reactive ketones (excluding diaryl/α,β-unsaturated/α-hetero) is 1. The zero-order chi connectivity index (χ0) is 14.8. The minimum Gasteiger partial charge on any atom is -0.292 e. The van der Waals surface area contributed by atoms with Gasteiger partial charge in [0, 0.05) is 5.56 Å². The minimum atomic E-state index is -0.844. The Morgan fingerprint density at radius 1 is 1.19 bits per heavy atom. The van der Waals surface area contributed by atoms with Crippen LogP contribution in [0.15, 0.2) is 48.5 Å². The Kier molecular flexibility index (Phi) is 3.51. The molecule has 1 unspecified atom stereocenters. The van der Waals surface area contributed by atoms with Crippen LogP contribution < -0.4 is 0 Å². The molecule has 21 heavy (non-hydrogen) atoms. The van der Waals surface area contributed by atoms with Gasteiger partial charge in [-0.3, -0.25) is 4.79 Å². The van der Waals surface area contributed by atoms with Crippen molar-refractivity contribution in [1.82, 2.24) is 4.98 Å². The van der Waals surface area contributed by atoms with Gasteiger partial charge in [0.15, 0.2) is 11.7 Å². The molecule has 0 saturated carbocycles. The van der Waals surface area contributed by atoms with Crippen molar-refractivity contribution in [3.05, 3.63) is 64.7 Å². The maximum atomic E-state index is 12.6. The van der Waals surface area contributed by atoms with E-state index in [9.17, 15) is 10.1 Å². The number of nitrogens with zero attached hydrogens (tertiary/aromatic N) is 2. The fraction of sp³-hybridized carbons (Fsp3) is 0.118. The lowest BCUT2D eigenvalue weighted by atomic mass is 9.96. The van der Waals surface area contributed by atoms with Crippen molar-refractivity contribution in [2.75, 3.05) is 0 Å². The zero-order valence-electron chi connectivity index (χ0n) is 11.4. The fourth-order valence-corrected chi connectivity index (χ4v) is 3.26. The number of carbonyl (C=O) groups excluding carboxylic acids is 1. The second-order valence-corrected chi connectivity index (χ2v) is 5.82. The number of fused-ring (bicyclic) bond motifs is 1. The second kappa shape index (κ2) is 5.47. The first-order valence-corrected chi connectivity index (χ1v) is 7.37. The summed E-state index contributed by atoms with van der Waals surface area (Å²) in [5.74, 6) is -1.03. The molecule has 1 atom stereocenters. The number of ketones is 1. The summed E-state index contributed by atoms with van der Waals surface area (Å²) in [6.45, 7) is 1.88. The predicted molar refractivity (Wildman–Crippen MR) is 83.5 cm³/mol. The van der Waals surface area contributed by atoms with Gasteiger partial charge in [0.25, 0.3) is 0 Å². The highest BCUT2D eigenvalue weighted by molar-refractivity contribution is 7.18. The lowest BCUT2D eigenvalue weighted by molar-refractivity contribution is 0.0978. The fourth-order valence-electron chi connectivity index (χ4n) is 2.24. The average molecular weight is 292 g/mol. The van der Waals surface area contributed by atoms with Gasteiger partial charge in [-0.1, -0.05) is 36.4 Å². The van der Waals surface area contributed by atoms with Crippen LogP contribution >= 0.6 is 11.3 Å². The van der Waals surface area contributed by atoms with Crippen LogP contribution in [0.3, 0.4) is 0 Å². The quantitative estimate of drug-likeness (QED) is 0.683. The van der Waals surface area contributed by atoms with Crippen molar-refractivity contribution in [3.8, 4) is 6.07 Å².